The molecule has 1 N–H and O–H groups in total. The van der Waals surface area contributed by atoms with Crippen molar-refractivity contribution < 1.29 is 17.6 Å². The minimum Gasteiger partial charge on any atom is -0.331 e. The molecule has 0 aliphatic heterocycles. The Hall–Kier alpha value is -3.19. The number of hydrogen-bond donors (Lipinski definition) is 1. The van der Waals surface area contributed by atoms with Gasteiger partial charge in [0.1, 0.15) is 5.82 Å². The highest BCUT2D eigenvalue weighted by molar-refractivity contribution is 7.92. The summed E-state index contributed by atoms with van der Waals surface area (Å²) in [6, 6.07) is 17.8. The second kappa shape index (κ2) is 8.74. The number of nitrogens with zero attached hydrogens (tertiary/aromatic N) is 1. The monoisotopic (exact) mass is 452 g/mol. The van der Waals surface area contributed by atoms with Crippen LogP contribution in [0.25, 0.3) is 0 Å². The summed E-state index contributed by atoms with van der Waals surface area (Å²) < 4.78 is 42.4. The maximum Gasteiger partial charge on any atom is 0.261 e. The Kier molecular flexibility index (Phi) is 6.02. The molecule has 32 heavy (non-hydrogen) atoms. The molecule has 0 atom stereocenters. The van der Waals surface area contributed by atoms with Crippen LogP contribution in [0.3, 0.4) is 0 Å². The molecule has 0 saturated heterocycles. The van der Waals surface area contributed by atoms with Gasteiger partial charge in [0.25, 0.3) is 15.9 Å². The van der Waals surface area contributed by atoms with E-state index < -0.39 is 10.0 Å². The summed E-state index contributed by atoms with van der Waals surface area (Å²) in [6.07, 6.45) is 1.76. The van der Waals surface area contributed by atoms with E-state index >= 15 is 0 Å². The third kappa shape index (κ3) is 4.67. The normalized spacial score (nSPS) is 13.6. The van der Waals surface area contributed by atoms with Crippen molar-refractivity contribution in [2.45, 2.75) is 44.2 Å². The molecule has 1 aliphatic rings. The lowest BCUT2D eigenvalue weighted by atomic mass is 10.1. The van der Waals surface area contributed by atoms with E-state index in [0.717, 1.165) is 24.0 Å². The molecule has 7 heteroatoms. The molecule has 3 aromatic carbocycles. The van der Waals surface area contributed by atoms with Crippen molar-refractivity contribution in [2.24, 2.45) is 0 Å². The zero-order valence-electron chi connectivity index (χ0n) is 18.0. The average molecular weight is 453 g/mol. The molecule has 3 aromatic rings. The molecule has 5 nitrogen and oxygen atoms in total. The van der Waals surface area contributed by atoms with Crippen LogP contribution in [-0.4, -0.2) is 25.3 Å². The van der Waals surface area contributed by atoms with E-state index in [9.17, 15) is 17.6 Å². The zero-order valence-corrected chi connectivity index (χ0v) is 18.8. The Morgan fingerprint density at radius 1 is 1.00 bits per heavy atom. The van der Waals surface area contributed by atoms with Crippen molar-refractivity contribution in [1.29, 1.82) is 0 Å². The van der Waals surface area contributed by atoms with Gasteiger partial charge in [0.15, 0.2) is 0 Å². The summed E-state index contributed by atoms with van der Waals surface area (Å²) in [5.41, 5.74) is 3.20. The predicted octanol–water partition coefficient (Wildman–Crippen LogP) is 5.05. The molecule has 0 radical (unpaired) electrons. The van der Waals surface area contributed by atoms with E-state index in [2.05, 4.69) is 4.72 Å². The highest BCUT2D eigenvalue weighted by atomic mass is 32.2. The van der Waals surface area contributed by atoms with Crippen LogP contribution in [-0.2, 0) is 16.6 Å². The largest absolute Gasteiger partial charge is 0.331 e. The van der Waals surface area contributed by atoms with Gasteiger partial charge in [-0.25, -0.2) is 12.8 Å². The fourth-order valence-corrected chi connectivity index (χ4v) is 4.69. The van der Waals surface area contributed by atoms with Gasteiger partial charge in [-0.15, -0.1) is 0 Å². The van der Waals surface area contributed by atoms with Gasteiger partial charge in [0.05, 0.1) is 10.6 Å². The molecule has 4 rings (SSSR count). The highest BCUT2D eigenvalue weighted by Crippen LogP contribution is 2.30. The maximum absolute atomic E-state index is 14.1. The van der Waals surface area contributed by atoms with Crippen LogP contribution in [0.2, 0.25) is 0 Å². The van der Waals surface area contributed by atoms with Crippen molar-refractivity contribution in [1.82, 2.24) is 4.90 Å². The van der Waals surface area contributed by atoms with Crippen LogP contribution < -0.4 is 4.72 Å². The Labute approximate surface area is 187 Å². The lowest BCUT2D eigenvalue weighted by Crippen LogP contribution is -2.33. The number of hydrogen-bond acceptors (Lipinski definition) is 3. The minimum absolute atomic E-state index is 0.0713. The van der Waals surface area contributed by atoms with Gasteiger partial charge in [-0.3, -0.25) is 9.52 Å². The van der Waals surface area contributed by atoms with Crippen molar-refractivity contribution in [3.63, 3.8) is 0 Å². The molecule has 166 valence electrons. The first kappa shape index (κ1) is 22.0. The van der Waals surface area contributed by atoms with Crippen LogP contribution in [0.4, 0.5) is 10.1 Å². The molecule has 0 spiro atoms. The molecular formula is C25H25FN2O3S. The molecular weight excluding hydrogens is 427 g/mol. The number of carbonyl (C=O) groups excluding carboxylic acids is 1. The Bertz CT molecular complexity index is 1250. The summed E-state index contributed by atoms with van der Waals surface area (Å²) in [6.45, 7) is 3.96. The lowest BCUT2D eigenvalue weighted by molar-refractivity contribution is 0.0728. The van der Waals surface area contributed by atoms with Gasteiger partial charge >= 0.3 is 0 Å². The molecule has 1 aliphatic carbocycles. The Morgan fingerprint density at radius 2 is 1.69 bits per heavy atom. The van der Waals surface area contributed by atoms with E-state index in [1.807, 2.05) is 19.9 Å². The second-order valence-corrected chi connectivity index (χ2v) is 9.82. The predicted molar refractivity (Wildman–Crippen MR) is 122 cm³/mol. The highest BCUT2D eigenvalue weighted by Gasteiger charge is 2.33. The quantitative estimate of drug-likeness (QED) is 0.546. The van der Waals surface area contributed by atoms with Crippen LogP contribution in [0.1, 0.15) is 39.9 Å². The van der Waals surface area contributed by atoms with E-state index in [1.165, 1.54) is 30.3 Å². The first-order valence-corrected chi connectivity index (χ1v) is 12.0. The van der Waals surface area contributed by atoms with E-state index in [1.54, 1.807) is 35.2 Å². The molecule has 0 unspecified atom stereocenters. The summed E-state index contributed by atoms with van der Waals surface area (Å²) in [5, 5.41) is 0. The van der Waals surface area contributed by atoms with Crippen LogP contribution >= 0.6 is 0 Å². The Balaban J connectivity index is 1.53. The van der Waals surface area contributed by atoms with Crippen molar-refractivity contribution in [3.05, 3.63) is 94.8 Å². The van der Waals surface area contributed by atoms with Gasteiger partial charge in [0, 0.05) is 23.7 Å². The van der Waals surface area contributed by atoms with Crippen molar-refractivity contribution in [2.75, 3.05) is 4.72 Å². The number of sulfonamides is 1. The number of carbonyl (C=O) groups is 1. The smallest absolute Gasteiger partial charge is 0.261 e. The van der Waals surface area contributed by atoms with Gasteiger partial charge in [0.2, 0.25) is 0 Å². The third-order valence-electron chi connectivity index (χ3n) is 5.81. The number of halogens is 1. The van der Waals surface area contributed by atoms with Crippen LogP contribution in [0.15, 0.2) is 71.6 Å². The number of aryl methyl sites for hydroxylation is 1. The summed E-state index contributed by atoms with van der Waals surface area (Å²) in [7, 11) is -3.80. The number of anilines is 1. The molecule has 0 aromatic heterocycles. The van der Waals surface area contributed by atoms with Crippen molar-refractivity contribution in [3.8, 4) is 0 Å². The number of nitrogens with one attached hydrogen (secondary N) is 1. The second-order valence-electron chi connectivity index (χ2n) is 8.13. The minimum atomic E-state index is -3.80. The molecule has 1 fully saturated rings. The van der Waals surface area contributed by atoms with Gasteiger partial charge in [-0.1, -0.05) is 30.3 Å². The van der Waals surface area contributed by atoms with Crippen LogP contribution in [0, 0.1) is 19.7 Å². The first-order valence-electron chi connectivity index (χ1n) is 10.5. The van der Waals surface area contributed by atoms with Gasteiger partial charge in [-0.05, 0) is 74.2 Å². The number of benzene rings is 3. The number of rotatable bonds is 7. The van der Waals surface area contributed by atoms with E-state index in [0.29, 0.717) is 16.8 Å². The standard InChI is InChI=1S/C25H25FN2O3S/c1-17-6-5-9-24(18(17)2)27-32(30,31)22-14-10-19(11-15-22)25(29)28(21-12-13-21)16-20-7-3-4-8-23(20)26/h3-11,14-15,21,27H,12-13,16H2,1-2H3. The maximum atomic E-state index is 14.1. The Morgan fingerprint density at radius 3 is 2.34 bits per heavy atom. The average Bonchev–Trinajstić information content (AvgIpc) is 3.61. The fraction of sp³-hybridized carbons (Fsp3) is 0.240. The van der Waals surface area contributed by atoms with Gasteiger partial charge in [-0.2, -0.15) is 0 Å². The van der Waals surface area contributed by atoms with E-state index in [-0.39, 0.29) is 29.2 Å². The van der Waals surface area contributed by atoms with Crippen LogP contribution in [0.5, 0.6) is 0 Å². The first-order chi connectivity index (χ1) is 15.3. The van der Waals surface area contributed by atoms with Gasteiger partial charge < -0.3 is 4.90 Å². The summed E-state index contributed by atoms with van der Waals surface area (Å²) >= 11 is 0. The lowest BCUT2D eigenvalue weighted by Gasteiger charge is -2.23. The summed E-state index contributed by atoms with van der Waals surface area (Å²) in [4.78, 5) is 14.8. The molecule has 1 amide bonds. The molecule has 0 bridgehead atoms. The SMILES string of the molecule is Cc1cccc(NS(=O)(=O)c2ccc(C(=O)N(Cc3ccccc3F)C3CC3)cc2)c1C. The molecule has 1 saturated carbocycles. The zero-order chi connectivity index (χ0) is 22.9. The topological polar surface area (TPSA) is 66.5 Å². The summed E-state index contributed by atoms with van der Waals surface area (Å²) in [5.74, 6) is -0.577. The fourth-order valence-electron chi connectivity index (χ4n) is 3.57. The third-order valence-corrected chi connectivity index (χ3v) is 7.19. The van der Waals surface area contributed by atoms with Crippen molar-refractivity contribution >= 4 is 21.6 Å². The van der Waals surface area contributed by atoms with E-state index in [4.69, 9.17) is 0 Å². The number of amides is 1. The molecule has 0 heterocycles.